The average Bonchev–Trinajstić information content (AvgIpc) is 3.05. The lowest BCUT2D eigenvalue weighted by Crippen LogP contribution is -2.62. The van der Waals surface area contributed by atoms with Gasteiger partial charge in [-0.3, -0.25) is 4.90 Å². The molecule has 2 aliphatic heterocycles. The molecule has 2 heterocycles. The monoisotopic (exact) mass is 360 g/mol. The summed E-state index contributed by atoms with van der Waals surface area (Å²) in [5.74, 6) is 1.59. The van der Waals surface area contributed by atoms with Crippen LogP contribution in [0.3, 0.4) is 0 Å². The summed E-state index contributed by atoms with van der Waals surface area (Å²) in [5, 5.41) is 3.82. The van der Waals surface area contributed by atoms with Crippen LogP contribution in [-0.2, 0) is 11.3 Å². The van der Waals surface area contributed by atoms with Gasteiger partial charge in [-0.15, -0.1) is 0 Å². The number of nitrogens with zero attached hydrogens (tertiary/aromatic N) is 1. The van der Waals surface area contributed by atoms with Crippen LogP contribution in [0.15, 0.2) is 24.3 Å². The van der Waals surface area contributed by atoms with Gasteiger partial charge in [0.05, 0.1) is 13.7 Å². The maximum absolute atomic E-state index is 5.65. The van der Waals surface area contributed by atoms with Crippen molar-refractivity contribution in [3.63, 3.8) is 0 Å². The number of benzene rings is 1. The van der Waals surface area contributed by atoms with Crippen molar-refractivity contribution in [2.45, 2.75) is 70.6 Å². The van der Waals surface area contributed by atoms with Gasteiger partial charge in [-0.25, -0.2) is 0 Å². The molecule has 0 aromatic heterocycles. The zero-order chi connectivity index (χ0) is 18.8. The lowest BCUT2D eigenvalue weighted by atomic mass is 9.78. The Morgan fingerprint density at radius 1 is 1.12 bits per heavy atom. The molecule has 4 heteroatoms. The molecule has 2 fully saturated rings. The Morgan fingerprint density at radius 3 is 2.31 bits per heavy atom. The zero-order valence-electron chi connectivity index (χ0n) is 17.2. The first-order chi connectivity index (χ1) is 12.3. The Hall–Kier alpha value is -1.10. The van der Waals surface area contributed by atoms with E-state index >= 15 is 0 Å². The number of methoxy groups -OCH3 is 1. The smallest absolute Gasteiger partial charge is 0.118 e. The van der Waals surface area contributed by atoms with E-state index in [1.165, 1.54) is 24.8 Å². The Labute approximate surface area is 159 Å². The lowest BCUT2D eigenvalue weighted by Gasteiger charge is -2.50. The molecule has 0 aliphatic carbocycles. The Bertz CT molecular complexity index is 560. The van der Waals surface area contributed by atoms with E-state index in [2.05, 4.69) is 62.2 Å². The van der Waals surface area contributed by atoms with E-state index in [1.54, 1.807) is 7.11 Å². The second-order valence-corrected chi connectivity index (χ2v) is 9.46. The molecular formula is C22H36N2O2. The number of rotatable bonds is 6. The van der Waals surface area contributed by atoms with Crippen LogP contribution in [-0.4, -0.2) is 48.9 Å². The number of hydrogen-bond donors (Lipinski definition) is 1. The minimum absolute atomic E-state index is 0.163. The summed E-state index contributed by atoms with van der Waals surface area (Å²) >= 11 is 0. The average molecular weight is 361 g/mol. The second kappa shape index (κ2) is 7.87. The van der Waals surface area contributed by atoms with Gasteiger partial charge < -0.3 is 14.8 Å². The molecule has 1 atom stereocenters. The molecule has 146 valence electrons. The lowest BCUT2D eigenvalue weighted by molar-refractivity contribution is 0.0493. The number of ether oxygens (including phenoxy) is 2. The predicted molar refractivity (Wildman–Crippen MR) is 107 cm³/mol. The van der Waals surface area contributed by atoms with Gasteiger partial charge in [0.15, 0.2) is 0 Å². The first-order valence-electron chi connectivity index (χ1n) is 10.0. The molecule has 0 spiro atoms. The summed E-state index contributed by atoms with van der Waals surface area (Å²) in [4.78, 5) is 2.71. The molecule has 0 amide bonds. The maximum Gasteiger partial charge on any atom is 0.118 e. The van der Waals surface area contributed by atoms with E-state index in [0.717, 1.165) is 32.1 Å². The summed E-state index contributed by atoms with van der Waals surface area (Å²) in [6.45, 7) is 13.3. The molecule has 1 N–H and O–H groups in total. The van der Waals surface area contributed by atoms with Crippen molar-refractivity contribution >= 4 is 0 Å². The predicted octanol–water partition coefficient (Wildman–Crippen LogP) is 3.84. The van der Waals surface area contributed by atoms with Crippen LogP contribution in [0.4, 0.5) is 0 Å². The highest BCUT2D eigenvalue weighted by atomic mass is 16.5. The summed E-state index contributed by atoms with van der Waals surface area (Å²) in [5.41, 5.74) is 1.69. The van der Waals surface area contributed by atoms with Gasteiger partial charge in [0.1, 0.15) is 5.75 Å². The highest BCUT2D eigenvalue weighted by molar-refractivity contribution is 5.27. The van der Waals surface area contributed by atoms with Gasteiger partial charge in [0.2, 0.25) is 0 Å². The minimum atomic E-state index is 0.163. The fourth-order valence-electron chi connectivity index (χ4n) is 4.89. The number of piperidine rings is 1. The van der Waals surface area contributed by atoms with Crippen molar-refractivity contribution in [2.75, 3.05) is 26.9 Å². The largest absolute Gasteiger partial charge is 0.497 e. The first kappa shape index (κ1) is 19.7. The van der Waals surface area contributed by atoms with E-state index < -0.39 is 0 Å². The normalized spacial score (nSPS) is 25.5. The molecule has 26 heavy (non-hydrogen) atoms. The minimum Gasteiger partial charge on any atom is -0.497 e. The Balaban J connectivity index is 1.77. The molecule has 2 aliphatic rings. The van der Waals surface area contributed by atoms with Crippen molar-refractivity contribution in [3.05, 3.63) is 29.8 Å². The van der Waals surface area contributed by atoms with Crippen LogP contribution in [0.2, 0.25) is 0 Å². The Kier molecular flexibility index (Phi) is 5.95. The molecule has 1 unspecified atom stereocenters. The van der Waals surface area contributed by atoms with Crippen molar-refractivity contribution in [2.24, 2.45) is 5.92 Å². The second-order valence-electron chi connectivity index (χ2n) is 9.46. The quantitative estimate of drug-likeness (QED) is 0.836. The first-order valence-corrected chi connectivity index (χ1v) is 10.0. The van der Waals surface area contributed by atoms with Crippen molar-refractivity contribution in [1.82, 2.24) is 10.2 Å². The molecule has 0 bridgehead atoms. The molecule has 1 aromatic rings. The SMILES string of the molecule is COc1ccc(CN(CC2CCOC2)C2CC(C)(C)NC(C)(C)C2)cc1. The topological polar surface area (TPSA) is 33.7 Å². The van der Waals surface area contributed by atoms with Crippen LogP contribution in [0.25, 0.3) is 0 Å². The van der Waals surface area contributed by atoms with Crippen LogP contribution in [0.5, 0.6) is 5.75 Å². The summed E-state index contributed by atoms with van der Waals surface area (Å²) in [7, 11) is 1.72. The highest BCUT2D eigenvalue weighted by Gasteiger charge is 2.40. The van der Waals surface area contributed by atoms with Gasteiger partial charge >= 0.3 is 0 Å². The van der Waals surface area contributed by atoms with Gasteiger partial charge in [0, 0.05) is 36.8 Å². The number of hydrogen-bond acceptors (Lipinski definition) is 4. The molecule has 2 saturated heterocycles. The van der Waals surface area contributed by atoms with E-state index in [0.29, 0.717) is 12.0 Å². The van der Waals surface area contributed by atoms with Crippen molar-refractivity contribution < 1.29 is 9.47 Å². The van der Waals surface area contributed by atoms with Crippen molar-refractivity contribution in [1.29, 1.82) is 0 Å². The van der Waals surface area contributed by atoms with Gasteiger partial charge in [-0.05, 0) is 70.6 Å². The molecule has 0 saturated carbocycles. The highest BCUT2D eigenvalue weighted by Crippen LogP contribution is 2.33. The van der Waals surface area contributed by atoms with Gasteiger partial charge in [-0.2, -0.15) is 0 Å². The number of nitrogens with one attached hydrogen (secondary N) is 1. The van der Waals surface area contributed by atoms with E-state index in [1.807, 2.05) is 0 Å². The third kappa shape index (κ3) is 5.21. The van der Waals surface area contributed by atoms with E-state index in [4.69, 9.17) is 9.47 Å². The summed E-state index contributed by atoms with van der Waals surface area (Å²) in [6, 6.07) is 9.14. The molecular weight excluding hydrogens is 324 g/mol. The van der Waals surface area contributed by atoms with E-state index in [-0.39, 0.29) is 11.1 Å². The van der Waals surface area contributed by atoms with E-state index in [9.17, 15) is 0 Å². The third-order valence-corrected chi connectivity index (χ3v) is 5.75. The van der Waals surface area contributed by atoms with Crippen molar-refractivity contribution in [3.8, 4) is 5.75 Å². The fraction of sp³-hybridized carbons (Fsp3) is 0.727. The molecule has 4 nitrogen and oxygen atoms in total. The fourth-order valence-corrected chi connectivity index (χ4v) is 4.89. The molecule has 0 radical (unpaired) electrons. The maximum atomic E-state index is 5.65. The zero-order valence-corrected chi connectivity index (χ0v) is 17.2. The van der Waals surface area contributed by atoms with Crippen LogP contribution in [0, 0.1) is 5.92 Å². The van der Waals surface area contributed by atoms with Crippen LogP contribution < -0.4 is 10.1 Å². The molecule has 3 rings (SSSR count). The van der Waals surface area contributed by atoms with Gasteiger partial charge in [0.25, 0.3) is 0 Å². The molecule has 1 aromatic carbocycles. The summed E-state index contributed by atoms with van der Waals surface area (Å²) in [6.07, 6.45) is 3.55. The third-order valence-electron chi connectivity index (χ3n) is 5.75. The van der Waals surface area contributed by atoms with Crippen LogP contribution in [0.1, 0.15) is 52.5 Å². The van der Waals surface area contributed by atoms with Gasteiger partial charge in [-0.1, -0.05) is 12.1 Å². The Morgan fingerprint density at radius 2 is 1.77 bits per heavy atom. The van der Waals surface area contributed by atoms with Crippen LogP contribution >= 0.6 is 0 Å². The summed E-state index contributed by atoms with van der Waals surface area (Å²) < 4.78 is 11.0. The standard InChI is InChI=1S/C22H36N2O2/c1-21(2)12-19(13-22(3,4)23-21)24(15-18-10-11-26-16-18)14-17-6-8-20(25-5)9-7-17/h6-9,18-19,23H,10-16H2,1-5H3.